The van der Waals surface area contributed by atoms with Crippen molar-refractivity contribution in [1.29, 1.82) is 0 Å². The van der Waals surface area contributed by atoms with E-state index < -0.39 is 0 Å². The number of carbonyl (C=O) groups is 1. The van der Waals surface area contributed by atoms with E-state index in [1.54, 1.807) is 0 Å². The molecule has 82 valence electrons. The van der Waals surface area contributed by atoms with E-state index in [4.69, 9.17) is 4.74 Å². The summed E-state index contributed by atoms with van der Waals surface area (Å²) in [4.78, 5) is 12.9. The molecule has 2 atom stereocenters. The first-order valence-corrected chi connectivity index (χ1v) is 7.10. The minimum Gasteiger partial charge on any atom is -0.378 e. The number of thiophene rings is 1. The predicted octanol–water partition coefficient (Wildman–Crippen LogP) is 3.88. The van der Waals surface area contributed by atoms with E-state index in [0.29, 0.717) is 6.61 Å². The van der Waals surface area contributed by atoms with Gasteiger partial charge in [-0.1, -0.05) is 0 Å². The molecule has 2 nitrogen and oxygen atoms in total. The number of ketones is 1. The molecular weight excluding hydrogens is 344 g/mol. The third-order valence-electron chi connectivity index (χ3n) is 2.60. The third kappa shape index (κ3) is 2.35. The van der Waals surface area contributed by atoms with Gasteiger partial charge in [-0.25, -0.2) is 0 Å². The third-order valence-corrected chi connectivity index (χ3v) is 5.87. The van der Waals surface area contributed by atoms with E-state index in [1.165, 1.54) is 11.3 Å². The van der Waals surface area contributed by atoms with E-state index in [0.717, 1.165) is 19.6 Å². The minimum absolute atomic E-state index is 0.0300. The van der Waals surface area contributed by atoms with Gasteiger partial charge in [0.1, 0.15) is 0 Å². The van der Waals surface area contributed by atoms with Crippen LogP contribution < -0.4 is 0 Å². The Morgan fingerprint density at radius 3 is 2.80 bits per heavy atom. The highest BCUT2D eigenvalue weighted by atomic mass is 79.9. The largest absolute Gasteiger partial charge is 0.378 e. The maximum absolute atomic E-state index is 12.1. The molecule has 1 aromatic heterocycles. The van der Waals surface area contributed by atoms with Gasteiger partial charge in [-0.05, 0) is 51.3 Å². The van der Waals surface area contributed by atoms with Crippen LogP contribution in [0.2, 0.25) is 0 Å². The van der Waals surface area contributed by atoms with Crippen LogP contribution in [0.25, 0.3) is 0 Å². The lowest BCUT2D eigenvalue weighted by Gasteiger charge is -2.10. The Hall–Kier alpha value is 0.290. The molecule has 1 aromatic rings. The summed E-state index contributed by atoms with van der Waals surface area (Å²) >= 11 is 8.26. The molecule has 0 aliphatic carbocycles. The molecule has 2 rings (SSSR count). The summed E-state index contributed by atoms with van der Waals surface area (Å²) in [6.07, 6.45) is 0.893. The Labute approximate surface area is 109 Å². The average Bonchev–Trinajstić information content (AvgIpc) is 2.74. The highest BCUT2D eigenvalue weighted by Crippen LogP contribution is 2.35. The summed E-state index contributed by atoms with van der Waals surface area (Å²) in [6.45, 7) is 2.67. The van der Waals surface area contributed by atoms with Crippen molar-refractivity contribution in [1.82, 2.24) is 0 Å². The van der Waals surface area contributed by atoms with E-state index >= 15 is 0 Å². The lowest BCUT2D eigenvalue weighted by molar-refractivity contribution is 0.0768. The van der Waals surface area contributed by atoms with Crippen LogP contribution in [0.15, 0.2) is 14.3 Å². The van der Waals surface area contributed by atoms with Gasteiger partial charge in [0.15, 0.2) is 5.78 Å². The van der Waals surface area contributed by atoms with Crippen LogP contribution in [0.5, 0.6) is 0 Å². The second-order valence-corrected chi connectivity index (χ2v) is 6.79. The molecule has 1 saturated heterocycles. The maximum Gasteiger partial charge on any atom is 0.178 e. The second-order valence-electron chi connectivity index (χ2n) is 3.57. The predicted molar refractivity (Wildman–Crippen MR) is 67.6 cm³/mol. The number of carbonyl (C=O) groups excluding carboxylic acids is 1. The summed E-state index contributed by atoms with van der Waals surface area (Å²) in [5.41, 5.74) is 0. The number of halogens is 2. The van der Waals surface area contributed by atoms with Crippen molar-refractivity contribution in [3.05, 3.63) is 19.2 Å². The van der Waals surface area contributed by atoms with Gasteiger partial charge < -0.3 is 4.74 Å². The van der Waals surface area contributed by atoms with Gasteiger partial charge in [-0.3, -0.25) is 4.79 Å². The fourth-order valence-electron chi connectivity index (χ4n) is 1.73. The smallest absolute Gasteiger partial charge is 0.178 e. The Balaban J connectivity index is 2.20. The van der Waals surface area contributed by atoms with Crippen molar-refractivity contribution < 1.29 is 9.53 Å². The average molecular weight is 354 g/mol. The van der Waals surface area contributed by atoms with E-state index in [9.17, 15) is 4.79 Å². The van der Waals surface area contributed by atoms with Crippen molar-refractivity contribution in [2.45, 2.75) is 19.4 Å². The molecule has 0 spiro atoms. The summed E-state index contributed by atoms with van der Waals surface area (Å²) in [5, 5.41) is 0. The molecule has 2 unspecified atom stereocenters. The lowest BCUT2D eigenvalue weighted by atomic mass is 9.96. The topological polar surface area (TPSA) is 26.3 Å². The van der Waals surface area contributed by atoms with Crippen molar-refractivity contribution >= 4 is 49.0 Å². The molecule has 1 fully saturated rings. The van der Waals surface area contributed by atoms with E-state index in [2.05, 4.69) is 31.9 Å². The summed E-state index contributed by atoms with van der Waals surface area (Å²) < 4.78 is 7.32. The van der Waals surface area contributed by atoms with Crippen molar-refractivity contribution in [3.8, 4) is 0 Å². The highest BCUT2D eigenvalue weighted by Gasteiger charge is 2.32. The van der Waals surface area contributed by atoms with Crippen molar-refractivity contribution in [3.63, 3.8) is 0 Å². The normalized spacial score (nSPS) is 25.8. The van der Waals surface area contributed by atoms with Gasteiger partial charge in [-0.15, -0.1) is 11.3 Å². The first kappa shape index (κ1) is 11.8. The maximum atomic E-state index is 12.1. The van der Waals surface area contributed by atoms with Gasteiger partial charge in [0.25, 0.3) is 0 Å². The Bertz CT molecular complexity index is 369. The van der Waals surface area contributed by atoms with Crippen molar-refractivity contribution in [2.24, 2.45) is 5.92 Å². The second kappa shape index (κ2) is 4.65. The van der Waals surface area contributed by atoms with Crippen molar-refractivity contribution in [2.75, 3.05) is 6.61 Å². The standard InChI is InChI=1S/C10H10Br2O2S/c1-5-6(2-3-14-5)9(13)8-4-7(11)10(12)15-8/h4-6H,2-3H2,1H3. The quantitative estimate of drug-likeness (QED) is 0.754. The molecule has 5 heteroatoms. The first-order chi connectivity index (χ1) is 7.09. The zero-order valence-corrected chi connectivity index (χ0v) is 12.1. The molecule has 0 saturated carbocycles. The van der Waals surface area contributed by atoms with Crippen LogP contribution >= 0.6 is 43.2 Å². The number of rotatable bonds is 2. The molecule has 0 N–H and O–H groups in total. The zero-order valence-electron chi connectivity index (χ0n) is 8.13. The molecule has 0 aromatic carbocycles. The van der Waals surface area contributed by atoms with E-state index in [-0.39, 0.29) is 17.8 Å². The van der Waals surface area contributed by atoms with E-state index in [1.807, 2.05) is 13.0 Å². The molecule has 15 heavy (non-hydrogen) atoms. The number of hydrogen-bond donors (Lipinski definition) is 0. The Morgan fingerprint density at radius 2 is 2.33 bits per heavy atom. The number of Topliss-reactive ketones (excluding diaryl/α,β-unsaturated/α-hetero) is 1. The monoisotopic (exact) mass is 352 g/mol. The molecule has 1 aliphatic rings. The highest BCUT2D eigenvalue weighted by molar-refractivity contribution is 9.13. The summed E-state index contributed by atoms with van der Waals surface area (Å²) in [6, 6.07) is 1.88. The van der Waals surface area contributed by atoms with Crippen LogP contribution in [0, 0.1) is 5.92 Å². The minimum atomic E-state index is 0.0300. The fraction of sp³-hybridized carbons (Fsp3) is 0.500. The molecule has 2 heterocycles. The number of hydrogen-bond acceptors (Lipinski definition) is 3. The Morgan fingerprint density at radius 1 is 1.60 bits per heavy atom. The molecular formula is C10H10Br2O2S. The first-order valence-electron chi connectivity index (χ1n) is 4.70. The van der Waals surface area contributed by atoms with Gasteiger partial charge in [-0.2, -0.15) is 0 Å². The van der Waals surface area contributed by atoms with Crippen LogP contribution in [-0.4, -0.2) is 18.5 Å². The summed E-state index contributed by atoms with van der Waals surface area (Å²) in [5.74, 6) is 0.235. The van der Waals surface area contributed by atoms with Crippen LogP contribution in [0.3, 0.4) is 0 Å². The summed E-state index contributed by atoms with van der Waals surface area (Å²) in [7, 11) is 0. The molecule has 1 aliphatic heterocycles. The fourth-order valence-corrected chi connectivity index (χ4v) is 3.77. The molecule has 0 radical (unpaired) electrons. The van der Waals surface area contributed by atoms with Gasteiger partial charge in [0.05, 0.1) is 20.7 Å². The van der Waals surface area contributed by atoms with Crippen LogP contribution in [0.4, 0.5) is 0 Å². The van der Waals surface area contributed by atoms with Gasteiger partial charge in [0, 0.05) is 11.1 Å². The van der Waals surface area contributed by atoms with Gasteiger partial charge >= 0.3 is 0 Å². The molecule has 0 bridgehead atoms. The molecule has 0 amide bonds. The van der Waals surface area contributed by atoms with Gasteiger partial charge in [0.2, 0.25) is 0 Å². The zero-order chi connectivity index (χ0) is 11.0. The SMILES string of the molecule is CC1OCCC1C(=O)c1cc(Br)c(Br)s1. The van der Waals surface area contributed by atoms with Crippen LogP contribution in [-0.2, 0) is 4.74 Å². The lowest BCUT2D eigenvalue weighted by Crippen LogP contribution is -2.20. The number of ether oxygens (including phenoxy) is 1. The van der Waals surface area contributed by atoms with Crippen LogP contribution in [0.1, 0.15) is 23.0 Å². The Kier molecular flexibility index (Phi) is 3.65.